The molecule has 0 aromatic heterocycles. The zero-order valence-corrected chi connectivity index (χ0v) is 12.2. The molecule has 1 aromatic rings. The van der Waals surface area contributed by atoms with Crippen molar-refractivity contribution in [3.05, 3.63) is 35.1 Å². The van der Waals surface area contributed by atoms with Gasteiger partial charge in [-0.15, -0.1) is 0 Å². The highest BCUT2D eigenvalue weighted by atomic mass is 19.1. The van der Waals surface area contributed by atoms with E-state index in [0.717, 1.165) is 31.5 Å². The molecule has 1 atom stereocenters. The Labute approximate surface area is 123 Å². The summed E-state index contributed by atoms with van der Waals surface area (Å²) in [5.41, 5.74) is 6.69. The van der Waals surface area contributed by atoms with Crippen molar-refractivity contribution >= 4 is 5.84 Å². The van der Waals surface area contributed by atoms with Gasteiger partial charge in [-0.25, -0.2) is 4.39 Å². The fourth-order valence-corrected chi connectivity index (χ4v) is 2.80. The Hall–Kier alpha value is -1.66. The summed E-state index contributed by atoms with van der Waals surface area (Å²) in [5, 5.41) is 21.2. The van der Waals surface area contributed by atoms with Crippen LogP contribution in [0.5, 0.6) is 0 Å². The summed E-state index contributed by atoms with van der Waals surface area (Å²) < 4.78 is 13.6. The van der Waals surface area contributed by atoms with E-state index in [2.05, 4.69) is 10.1 Å². The molecule has 1 unspecified atom stereocenters. The van der Waals surface area contributed by atoms with Crippen LogP contribution in [0.4, 0.5) is 4.39 Å². The summed E-state index contributed by atoms with van der Waals surface area (Å²) in [7, 11) is 0. The van der Waals surface area contributed by atoms with Crippen LogP contribution in [0, 0.1) is 11.7 Å². The summed E-state index contributed by atoms with van der Waals surface area (Å²) in [6.45, 7) is 4.21. The first-order valence-corrected chi connectivity index (χ1v) is 7.17. The minimum Gasteiger partial charge on any atom is -0.409 e. The minimum absolute atomic E-state index is 0.0939. The predicted molar refractivity (Wildman–Crippen MR) is 78.6 cm³/mol. The number of benzene rings is 1. The van der Waals surface area contributed by atoms with Crippen molar-refractivity contribution in [2.45, 2.75) is 32.4 Å². The van der Waals surface area contributed by atoms with E-state index in [1.54, 1.807) is 6.07 Å². The number of rotatable bonds is 4. The predicted octanol–water partition coefficient (Wildman–Crippen LogP) is 1.51. The molecule has 0 amide bonds. The van der Waals surface area contributed by atoms with Gasteiger partial charge in [0.2, 0.25) is 0 Å². The number of oxime groups is 1. The monoisotopic (exact) mass is 295 g/mol. The molecule has 116 valence electrons. The number of hydrogen-bond donors (Lipinski definition) is 3. The average Bonchev–Trinajstić information content (AvgIpc) is 2.46. The highest BCUT2D eigenvalue weighted by Gasteiger charge is 2.22. The number of hydrogen-bond acceptors (Lipinski definition) is 4. The average molecular weight is 295 g/mol. The van der Waals surface area contributed by atoms with Crippen molar-refractivity contribution in [3.8, 4) is 0 Å². The van der Waals surface area contributed by atoms with E-state index in [9.17, 15) is 9.50 Å². The first kappa shape index (κ1) is 15.7. The van der Waals surface area contributed by atoms with E-state index in [-0.39, 0.29) is 11.9 Å². The lowest BCUT2D eigenvalue weighted by atomic mass is 9.92. The number of aliphatic hydroxyl groups is 1. The molecular formula is C15H22FN3O2. The SMILES string of the molecule is CC(O)C1CCN(Cc2cc(F)cc(/C(N)=N/O)c2)CC1. The summed E-state index contributed by atoms with van der Waals surface area (Å²) >= 11 is 0. The summed E-state index contributed by atoms with van der Waals surface area (Å²) in [6.07, 6.45) is 1.62. The second-order valence-corrected chi connectivity index (χ2v) is 5.69. The van der Waals surface area contributed by atoms with Crippen molar-refractivity contribution < 1.29 is 14.7 Å². The number of nitrogens with zero attached hydrogens (tertiary/aromatic N) is 2. The van der Waals surface area contributed by atoms with E-state index in [4.69, 9.17) is 10.9 Å². The first-order chi connectivity index (χ1) is 9.99. The third-order valence-electron chi connectivity index (χ3n) is 4.08. The zero-order valence-electron chi connectivity index (χ0n) is 12.2. The Bertz CT molecular complexity index is 512. The smallest absolute Gasteiger partial charge is 0.170 e. The molecular weight excluding hydrogens is 273 g/mol. The zero-order chi connectivity index (χ0) is 15.4. The van der Waals surface area contributed by atoms with Crippen molar-refractivity contribution in [2.24, 2.45) is 16.8 Å². The summed E-state index contributed by atoms with van der Waals surface area (Å²) in [4.78, 5) is 2.23. The van der Waals surface area contributed by atoms with Crippen molar-refractivity contribution in [2.75, 3.05) is 13.1 Å². The molecule has 4 N–H and O–H groups in total. The number of amidine groups is 1. The van der Waals surface area contributed by atoms with Crippen LogP contribution >= 0.6 is 0 Å². The molecule has 6 heteroatoms. The van der Waals surface area contributed by atoms with Gasteiger partial charge in [0.05, 0.1) is 6.10 Å². The van der Waals surface area contributed by atoms with Crippen LogP contribution in [0.1, 0.15) is 30.9 Å². The Morgan fingerprint density at radius 3 is 2.67 bits per heavy atom. The topological polar surface area (TPSA) is 82.1 Å². The van der Waals surface area contributed by atoms with Gasteiger partial charge in [-0.1, -0.05) is 5.16 Å². The van der Waals surface area contributed by atoms with Gasteiger partial charge in [0.25, 0.3) is 0 Å². The number of nitrogens with two attached hydrogens (primary N) is 1. The van der Waals surface area contributed by atoms with E-state index in [1.165, 1.54) is 12.1 Å². The fraction of sp³-hybridized carbons (Fsp3) is 0.533. The summed E-state index contributed by atoms with van der Waals surface area (Å²) in [5.74, 6) is -0.141. The van der Waals surface area contributed by atoms with Crippen LogP contribution in [0.25, 0.3) is 0 Å². The molecule has 0 saturated carbocycles. The van der Waals surface area contributed by atoms with Crippen LogP contribution in [0.3, 0.4) is 0 Å². The molecule has 21 heavy (non-hydrogen) atoms. The number of halogens is 1. The van der Waals surface area contributed by atoms with Gasteiger partial charge in [-0.05, 0) is 62.5 Å². The third-order valence-corrected chi connectivity index (χ3v) is 4.08. The second-order valence-electron chi connectivity index (χ2n) is 5.69. The van der Waals surface area contributed by atoms with Crippen molar-refractivity contribution in [1.29, 1.82) is 0 Å². The maximum absolute atomic E-state index is 13.6. The highest BCUT2D eigenvalue weighted by molar-refractivity contribution is 5.97. The Balaban J connectivity index is 2.02. The van der Waals surface area contributed by atoms with Crippen molar-refractivity contribution in [1.82, 2.24) is 4.90 Å². The maximum atomic E-state index is 13.6. The Kier molecular flexibility index (Phi) is 5.14. The van der Waals surface area contributed by atoms with Crippen molar-refractivity contribution in [3.63, 3.8) is 0 Å². The van der Waals surface area contributed by atoms with Gasteiger partial charge in [-0.3, -0.25) is 4.90 Å². The quantitative estimate of drug-likeness (QED) is 0.340. The van der Waals surface area contributed by atoms with Gasteiger partial charge >= 0.3 is 0 Å². The molecule has 0 bridgehead atoms. The Morgan fingerprint density at radius 2 is 2.10 bits per heavy atom. The molecule has 5 nitrogen and oxygen atoms in total. The van der Waals surface area contributed by atoms with Crippen LogP contribution < -0.4 is 5.73 Å². The van der Waals surface area contributed by atoms with E-state index in [1.807, 2.05) is 6.92 Å². The molecule has 1 heterocycles. The Morgan fingerprint density at radius 1 is 1.43 bits per heavy atom. The molecule has 2 rings (SSSR count). The molecule has 1 aliphatic rings. The molecule has 1 fully saturated rings. The van der Waals surface area contributed by atoms with Crippen LogP contribution in [-0.2, 0) is 6.54 Å². The molecule has 1 aliphatic heterocycles. The van der Waals surface area contributed by atoms with Crippen LogP contribution in [0.15, 0.2) is 23.4 Å². The lowest BCUT2D eigenvalue weighted by molar-refractivity contribution is 0.0695. The largest absolute Gasteiger partial charge is 0.409 e. The lowest BCUT2D eigenvalue weighted by Crippen LogP contribution is -2.36. The molecule has 0 aliphatic carbocycles. The van der Waals surface area contributed by atoms with Gasteiger partial charge in [0.15, 0.2) is 5.84 Å². The number of likely N-dealkylation sites (tertiary alicyclic amines) is 1. The lowest BCUT2D eigenvalue weighted by Gasteiger charge is -2.33. The van der Waals surface area contributed by atoms with Gasteiger partial charge in [0.1, 0.15) is 5.82 Å². The maximum Gasteiger partial charge on any atom is 0.170 e. The van der Waals surface area contributed by atoms with E-state index in [0.29, 0.717) is 18.0 Å². The fourth-order valence-electron chi connectivity index (χ4n) is 2.80. The van der Waals surface area contributed by atoms with E-state index < -0.39 is 5.82 Å². The van der Waals surface area contributed by atoms with Gasteiger partial charge in [0, 0.05) is 12.1 Å². The van der Waals surface area contributed by atoms with Crippen LogP contribution in [0.2, 0.25) is 0 Å². The molecule has 0 spiro atoms. The van der Waals surface area contributed by atoms with E-state index >= 15 is 0 Å². The molecule has 0 radical (unpaired) electrons. The first-order valence-electron chi connectivity index (χ1n) is 7.17. The minimum atomic E-state index is -0.395. The highest BCUT2D eigenvalue weighted by Crippen LogP contribution is 2.22. The molecule has 1 aromatic carbocycles. The summed E-state index contributed by atoms with van der Waals surface area (Å²) in [6, 6.07) is 4.45. The number of aliphatic hydroxyl groups excluding tert-OH is 1. The third kappa shape index (κ3) is 4.15. The number of piperidine rings is 1. The normalized spacial score (nSPS) is 19.7. The molecule has 1 saturated heterocycles. The second kappa shape index (κ2) is 6.87. The van der Waals surface area contributed by atoms with Crippen LogP contribution in [-0.4, -0.2) is 40.2 Å². The van der Waals surface area contributed by atoms with Gasteiger partial charge < -0.3 is 16.0 Å². The standard InChI is InChI=1S/C15H22FN3O2/c1-10(20)12-2-4-19(5-3-12)9-11-6-13(15(17)18-21)8-14(16)7-11/h6-8,10,12,20-21H,2-5,9H2,1H3,(H2,17,18). The van der Waals surface area contributed by atoms with Gasteiger partial charge in [-0.2, -0.15) is 0 Å².